The van der Waals surface area contributed by atoms with E-state index in [9.17, 15) is 0 Å². The first kappa shape index (κ1) is 11.1. The lowest BCUT2D eigenvalue weighted by Gasteiger charge is -1.97. The van der Waals surface area contributed by atoms with E-state index in [0.717, 1.165) is 13.1 Å². The van der Waals surface area contributed by atoms with E-state index in [0.29, 0.717) is 0 Å². The predicted molar refractivity (Wildman–Crippen MR) is 71.1 cm³/mol. The molecule has 0 fully saturated rings. The molecule has 15 heavy (non-hydrogen) atoms. The topological polar surface area (TPSA) is 29.9 Å². The summed E-state index contributed by atoms with van der Waals surface area (Å²) in [5.74, 6) is 0. The Hall–Kier alpha value is -0.400. The summed E-state index contributed by atoms with van der Waals surface area (Å²) < 4.78 is 3.15. The monoisotopic (exact) mass is 333 g/mol. The SMILES string of the molecule is CNCc1ccc(Cn2cc(I)cn2)s1. The van der Waals surface area contributed by atoms with Gasteiger partial charge in [0.15, 0.2) is 0 Å². The smallest absolute Gasteiger partial charge is 0.0752 e. The maximum atomic E-state index is 4.27. The zero-order chi connectivity index (χ0) is 10.7. The summed E-state index contributed by atoms with van der Waals surface area (Å²) in [4.78, 5) is 2.72. The van der Waals surface area contributed by atoms with Gasteiger partial charge in [-0.2, -0.15) is 5.10 Å². The molecule has 0 aliphatic heterocycles. The largest absolute Gasteiger partial charge is 0.315 e. The Morgan fingerprint density at radius 1 is 1.47 bits per heavy atom. The van der Waals surface area contributed by atoms with E-state index in [1.165, 1.54) is 13.3 Å². The lowest BCUT2D eigenvalue weighted by atomic mass is 10.4. The Balaban J connectivity index is 2.04. The van der Waals surface area contributed by atoms with E-state index in [1.54, 1.807) is 0 Å². The summed E-state index contributed by atoms with van der Waals surface area (Å²) in [7, 11) is 1.97. The minimum Gasteiger partial charge on any atom is -0.315 e. The first-order chi connectivity index (χ1) is 7.28. The molecule has 3 nitrogen and oxygen atoms in total. The summed E-state index contributed by atoms with van der Waals surface area (Å²) in [5.41, 5.74) is 0. The molecular weight excluding hydrogens is 321 g/mol. The van der Waals surface area contributed by atoms with Gasteiger partial charge in [-0.3, -0.25) is 4.68 Å². The fraction of sp³-hybridized carbons (Fsp3) is 0.300. The van der Waals surface area contributed by atoms with Crippen LogP contribution in [0.25, 0.3) is 0 Å². The number of nitrogens with one attached hydrogen (secondary N) is 1. The number of aromatic nitrogens is 2. The summed E-state index contributed by atoms with van der Waals surface area (Å²) in [6.45, 7) is 1.82. The minimum atomic E-state index is 0.872. The first-order valence-corrected chi connectivity index (χ1v) is 6.57. The molecule has 0 unspecified atom stereocenters. The number of thiophene rings is 1. The predicted octanol–water partition coefficient (Wildman–Crippen LogP) is 2.32. The molecule has 0 amide bonds. The van der Waals surface area contributed by atoms with Crippen LogP contribution >= 0.6 is 33.9 Å². The van der Waals surface area contributed by atoms with Gasteiger partial charge in [-0.25, -0.2) is 0 Å². The van der Waals surface area contributed by atoms with Gasteiger partial charge in [0.2, 0.25) is 0 Å². The zero-order valence-corrected chi connectivity index (χ0v) is 11.4. The van der Waals surface area contributed by atoms with E-state index >= 15 is 0 Å². The molecule has 2 heterocycles. The lowest BCUT2D eigenvalue weighted by molar-refractivity contribution is 0.694. The summed E-state index contributed by atoms with van der Waals surface area (Å²) in [6, 6.07) is 4.34. The Labute approximate surface area is 107 Å². The quantitative estimate of drug-likeness (QED) is 0.871. The maximum Gasteiger partial charge on any atom is 0.0752 e. The molecule has 0 aromatic carbocycles. The normalized spacial score (nSPS) is 10.8. The van der Waals surface area contributed by atoms with Gasteiger partial charge in [-0.05, 0) is 41.8 Å². The Morgan fingerprint density at radius 3 is 2.93 bits per heavy atom. The van der Waals surface area contributed by atoms with Crippen LogP contribution in [0, 0.1) is 3.57 Å². The second-order valence-corrected chi connectivity index (χ2v) is 5.75. The van der Waals surface area contributed by atoms with Gasteiger partial charge in [-0.1, -0.05) is 0 Å². The van der Waals surface area contributed by atoms with Crippen LogP contribution < -0.4 is 5.32 Å². The van der Waals surface area contributed by atoms with Gasteiger partial charge in [0, 0.05) is 22.5 Å². The van der Waals surface area contributed by atoms with Crippen LogP contribution in [0.3, 0.4) is 0 Å². The molecule has 0 aliphatic rings. The lowest BCUT2D eigenvalue weighted by Crippen LogP contribution is -2.02. The second kappa shape index (κ2) is 5.09. The fourth-order valence-corrected chi connectivity index (χ4v) is 2.83. The number of rotatable bonds is 4. The standard InChI is InChI=1S/C10H12IN3S/c1-12-5-9-2-3-10(15-9)7-14-6-8(11)4-13-14/h2-4,6,12H,5,7H2,1H3. The molecule has 0 radical (unpaired) electrons. The van der Waals surface area contributed by atoms with Crippen molar-refractivity contribution >= 4 is 33.9 Å². The van der Waals surface area contributed by atoms with Crippen molar-refractivity contribution in [1.29, 1.82) is 0 Å². The Kier molecular flexibility index (Phi) is 3.76. The van der Waals surface area contributed by atoms with Gasteiger partial charge >= 0.3 is 0 Å². The van der Waals surface area contributed by atoms with Crippen molar-refractivity contribution in [2.45, 2.75) is 13.1 Å². The fourth-order valence-electron chi connectivity index (χ4n) is 1.36. The number of hydrogen-bond acceptors (Lipinski definition) is 3. The Morgan fingerprint density at radius 2 is 2.27 bits per heavy atom. The van der Waals surface area contributed by atoms with Crippen LogP contribution in [0.5, 0.6) is 0 Å². The molecule has 0 aliphatic carbocycles. The first-order valence-electron chi connectivity index (χ1n) is 4.68. The number of nitrogens with zero attached hydrogens (tertiary/aromatic N) is 2. The van der Waals surface area contributed by atoms with Gasteiger partial charge in [0.25, 0.3) is 0 Å². The molecule has 0 saturated carbocycles. The summed E-state index contributed by atoms with van der Waals surface area (Å²) >= 11 is 4.11. The van der Waals surface area contributed by atoms with Gasteiger partial charge in [0.05, 0.1) is 16.3 Å². The third-order valence-electron chi connectivity index (χ3n) is 1.99. The van der Waals surface area contributed by atoms with Crippen molar-refractivity contribution in [2.75, 3.05) is 7.05 Å². The van der Waals surface area contributed by atoms with Crippen LogP contribution in [-0.2, 0) is 13.1 Å². The molecule has 2 rings (SSSR count). The molecule has 0 atom stereocenters. The van der Waals surface area contributed by atoms with E-state index in [4.69, 9.17) is 0 Å². The van der Waals surface area contributed by atoms with E-state index in [1.807, 2.05) is 29.3 Å². The zero-order valence-electron chi connectivity index (χ0n) is 8.40. The highest BCUT2D eigenvalue weighted by Crippen LogP contribution is 2.17. The molecular formula is C10H12IN3S. The van der Waals surface area contributed by atoms with Crippen molar-refractivity contribution in [3.63, 3.8) is 0 Å². The highest BCUT2D eigenvalue weighted by atomic mass is 127. The molecule has 2 aromatic rings. The molecule has 0 saturated heterocycles. The van der Waals surface area contributed by atoms with Crippen molar-refractivity contribution in [1.82, 2.24) is 15.1 Å². The van der Waals surface area contributed by atoms with Crippen molar-refractivity contribution < 1.29 is 0 Å². The third-order valence-corrected chi connectivity index (χ3v) is 3.61. The third kappa shape index (κ3) is 3.02. The van der Waals surface area contributed by atoms with Crippen molar-refractivity contribution in [3.05, 3.63) is 37.9 Å². The van der Waals surface area contributed by atoms with Gasteiger partial charge in [-0.15, -0.1) is 11.3 Å². The molecule has 80 valence electrons. The van der Waals surface area contributed by atoms with Crippen LogP contribution in [0.15, 0.2) is 24.5 Å². The molecule has 0 spiro atoms. The van der Waals surface area contributed by atoms with Gasteiger partial charge < -0.3 is 5.32 Å². The average Bonchev–Trinajstić information content (AvgIpc) is 2.78. The van der Waals surface area contributed by atoms with E-state index in [2.05, 4.69) is 51.3 Å². The highest BCUT2D eigenvalue weighted by molar-refractivity contribution is 14.1. The van der Waals surface area contributed by atoms with Crippen LogP contribution in [-0.4, -0.2) is 16.8 Å². The van der Waals surface area contributed by atoms with Gasteiger partial charge in [0.1, 0.15) is 0 Å². The van der Waals surface area contributed by atoms with E-state index in [-0.39, 0.29) is 0 Å². The van der Waals surface area contributed by atoms with Crippen molar-refractivity contribution in [2.24, 2.45) is 0 Å². The minimum absolute atomic E-state index is 0.872. The molecule has 2 aromatic heterocycles. The van der Waals surface area contributed by atoms with Crippen LogP contribution in [0.4, 0.5) is 0 Å². The number of halogens is 1. The van der Waals surface area contributed by atoms with E-state index < -0.39 is 0 Å². The maximum absolute atomic E-state index is 4.27. The molecule has 1 N–H and O–H groups in total. The summed E-state index contributed by atoms with van der Waals surface area (Å²) in [5, 5.41) is 7.42. The highest BCUT2D eigenvalue weighted by Gasteiger charge is 2.01. The summed E-state index contributed by atoms with van der Waals surface area (Å²) in [6.07, 6.45) is 3.93. The van der Waals surface area contributed by atoms with Crippen LogP contribution in [0.2, 0.25) is 0 Å². The average molecular weight is 333 g/mol. The Bertz CT molecular complexity index is 435. The molecule has 0 bridgehead atoms. The van der Waals surface area contributed by atoms with Crippen LogP contribution in [0.1, 0.15) is 9.75 Å². The molecule has 5 heteroatoms. The number of hydrogen-bond donors (Lipinski definition) is 1. The second-order valence-electron chi connectivity index (χ2n) is 3.25. The van der Waals surface area contributed by atoms with Crippen molar-refractivity contribution in [3.8, 4) is 0 Å².